The number of rotatable bonds is 6. The van der Waals surface area contributed by atoms with Crippen molar-refractivity contribution in [3.05, 3.63) is 29.6 Å². The molecule has 0 aliphatic carbocycles. The quantitative estimate of drug-likeness (QED) is 0.740. The zero-order chi connectivity index (χ0) is 13.5. The summed E-state index contributed by atoms with van der Waals surface area (Å²) in [7, 11) is 0. The minimum Gasteiger partial charge on any atom is -0.493 e. The minimum atomic E-state index is -0.232. The highest BCUT2D eigenvalue weighted by Crippen LogP contribution is 2.16. The Labute approximate surface area is 113 Å². The summed E-state index contributed by atoms with van der Waals surface area (Å²) in [5.74, 6) is 0.335. The molecule has 1 saturated heterocycles. The summed E-state index contributed by atoms with van der Waals surface area (Å²) in [5.41, 5.74) is 0.630. The van der Waals surface area contributed by atoms with Crippen LogP contribution >= 0.6 is 0 Å². The molecule has 0 bridgehead atoms. The Morgan fingerprint density at radius 3 is 2.95 bits per heavy atom. The number of hydrogen-bond acceptors (Lipinski definition) is 3. The van der Waals surface area contributed by atoms with Gasteiger partial charge >= 0.3 is 0 Å². The Balaban J connectivity index is 1.59. The fourth-order valence-electron chi connectivity index (χ4n) is 1.97. The summed E-state index contributed by atoms with van der Waals surface area (Å²) in [6.07, 6.45) is 4.00. The molecule has 1 aliphatic rings. The molecule has 1 unspecified atom stereocenters. The van der Waals surface area contributed by atoms with Crippen LogP contribution in [0.25, 0.3) is 0 Å². The third kappa shape index (κ3) is 4.80. The third-order valence-electron chi connectivity index (χ3n) is 3.14. The van der Waals surface area contributed by atoms with Crippen molar-refractivity contribution in [3.8, 4) is 5.75 Å². The van der Waals surface area contributed by atoms with Crippen LogP contribution in [0.4, 0.5) is 4.39 Å². The van der Waals surface area contributed by atoms with Gasteiger partial charge in [-0.05, 0) is 37.8 Å². The van der Waals surface area contributed by atoms with Gasteiger partial charge in [0.25, 0.3) is 0 Å². The predicted octanol–water partition coefficient (Wildman–Crippen LogP) is 3.45. The summed E-state index contributed by atoms with van der Waals surface area (Å²) in [4.78, 5) is 0. The normalized spacial score (nSPS) is 19.4. The van der Waals surface area contributed by atoms with Crippen molar-refractivity contribution in [3.63, 3.8) is 0 Å². The lowest BCUT2D eigenvalue weighted by Crippen LogP contribution is -2.23. The maximum absolute atomic E-state index is 13.3. The molecule has 0 N–H and O–H groups in total. The lowest BCUT2D eigenvalue weighted by Gasteiger charge is -2.22. The second-order valence-corrected chi connectivity index (χ2v) is 4.78. The average molecular weight is 268 g/mol. The molecule has 0 amide bonds. The molecule has 0 radical (unpaired) electrons. The van der Waals surface area contributed by atoms with Gasteiger partial charge in [-0.1, -0.05) is 6.07 Å². The van der Waals surface area contributed by atoms with Gasteiger partial charge in [0.15, 0.2) is 6.29 Å². The molecule has 3 nitrogen and oxygen atoms in total. The highest BCUT2D eigenvalue weighted by atomic mass is 19.1. The van der Waals surface area contributed by atoms with E-state index in [0.29, 0.717) is 24.5 Å². The summed E-state index contributed by atoms with van der Waals surface area (Å²) in [5, 5.41) is 0. The zero-order valence-corrected chi connectivity index (χ0v) is 11.4. The fourth-order valence-corrected chi connectivity index (χ4v) is 1.97. The van der Waals surface area contributed by atoms with Gasteiger partial charge in [-0.3, -0.25) is 0 Å². The van der Waals surface area contributed by atoms with E-state index in [9.17, 15) is 4.39 Å². The van der Waals surface area contributed by atoms with Gasteiger partial charge in [0, 0.05) is 19.1 Å². The smallest absolute Gasteiger partial charge is 0.157 e. The van der Waals surface area contributed by atoms with E-state index in [0.717, 1.165) is 25.9 Å². The van der Waals surface area contributed by atoms with Gasteiger partial charge in [-0.15, -0.1) is 0 Å². The van der Waals surface area contributed by atoms with E-state index < -0.39 is 0 Å². The lowest BCUT2D eigenvalue weighted by atomic mass is 10.2. The van der Waals surface area contributed by atoms with Crippen LogP contribution in [-0.2, 0) is 9.47 Å². The summed E-state index contributed by atoms with van der Waals surface area (Å²) < 4.78 is 29.8. The SMILES string of the molecule is Cc1ccc(OCCCOC2CCCCO2)cc1F. The van der Waals surface area contributed by atoms with Crippen LogP contribution < -0.4 is 4.74 Å². The van der Waals surface area contributed by atoms with Gasteiger partial charge in [-0.25, -0.2) is 4.39 Å². The molecule has 1 aromatic carbocycles. The highest BCUT2D eigenvalue weighted by molar-refractivity contribution is 5.27. The number of halogens is 1. The van der Waals surface area contributed by atoms with E-state index in [2.05, 4.69) is 0 Å². The molecule has 106 valence electrons. The van der Waals surface area contributed by atoms with E-state index in [4.69, 9.17) is 14.2 Å². The van der Waals surface area contributed by atoms with E-state index >= 15 is 0 Å². The Morgan fingerprint density at radius 2 is 2.21 bits per heavy atom. The van der Waals surface area contributed by atoms with E-state index in [1.165, 1.54) is 12.5 Å². The van der Waals surface area contributed by atoms with E-state index in [-0.39, 0.29) is 12.1 Å². The van der Waals surface area contributed by atoms with Crippen LogP contribution in [0.2, 0.25) is 0 Å². The lowest BCUT2D eigenvalue weighted by molar-refractivity contribution is -0.163. The molecule has 1 aromatic rings. The van der Waals surface area contributed by atoms with Gasteiger partial charge in [0.2, 0.25) is 0 Å². The first-order valence-corrected chi connectivity index (χ1v) is 6.88. The zero-order valence-electron chi connectivity index (χ0n) is 11.4. The van der Waals surface area contributed by atoms with Crippen molar-refractivity contribution in [2.24, 2.45) is 0 Å². The summed E-state index contributed by atoms with van der Waals surface area (Å²) in [6.45, 7) is 3.66. The van der Waals surface area contributed by atoms with Crippen LogP contribution in [0, 0.1) is 12.7 Å². The molecule has 4 heteroatoms. The Bertz CT molecular complexity index is 389. The summed E-state index contributed by atoms with van der Waals surface area (Å²) in [6, 6.07) is 4.92. The Morgan fingerprint density at radius 1 is 1.32 bits per heavy atom. The largest absolute Gasteiger partial charge is 0.493 e. The second-order valence-electron chi connectivity index (χ2n) is 4.78. The molecule has 1 aliphatic heterocycles. The van der Waals surface area contributed by atoms with Crippen molar-refractivity contribution < 1.29 is 18.6 Å². The monoisotopic (exact) mass is 268 g/mol. The van der Waals surface area contributed by atoms with Crippen molar-refractivity contribution in [1.29, 1.82) is 0 Å². The highest BCUT2D eigenvalue weighted by Gasteiger charge is 2.13. The topological polar surface area (TPSA) is 27.7 Å². The maximum atomic E-state index is 13.3. The molecule has 1 atom stereocenters. The first kappa shape index (κ1) is 14.3. The van der Waals surface area contributed by atoms with Crippen molar-refractivity contribution in [2.45, 2.75) is 38.9 Å². The molecule has 0 saturated carbocycles. The molecule has 0 aromatic heterocycles. The molecular weight excluding hydrogens is 247 g/mol. The van der Waals surface area contributed by atoms with Crippen LogP contribution in [0.5, 0.6) is 5.75 Å². The first-order chi connectivity index (χ1) is 9.25. The van der Waals surface area contributed by atoms with Crippen molar-refractivity contribution >= 4 is 0 Å². The third-order valence-corrected chi connectivity index (χ3v) is 3.14. The Kier molecular flexibility index (Phi) is 5.61. The van der Waals surface area contributed by atoms with E-state index in [1.54, 1.807) is 19.1 Å². The first-order valence-electron chi connectivity index (χ1n) is 6.88. The number of hydrogen-bond donors (Lipinski definition) is 0. The number of ether oxygens (including phenoxy) is 3. The molecule has 1 heterocycles. The van der Waals surface area contributed by atoms with E-state index in [1.807, 2.05) is 0 Å². The Hall–Kier alpha value is -1.13. The summed E-state index contributed by atoms with van der Waals surface area (Å²) >= 11 is 0. The van der Waals surface area contributed by atoms with Crippen molar-refractivity contribution in [2.75, 3.05) is 19.8 Å². The van der Waals surface area contributed by atoms with Crippen molar-refractivity contribution in [1.82, 2.24) is 0 Å². The average Bonchev–Trinajstić information content (AvgIpc) is 2.43. The number of aryl methyl sites for hydroxylation is 1. The maximum Gasteiger partial charge on any atom is 0.157 e. The van der Waals surface area contributed by atoms with Crippen LogP contribution in [-0.4, -0.2) is 26.1 Å². The van der Waals surface area contributed by atoms with Gasteiger partial charge in [-0.2, -0.15) is 0 Å². The molecular formula is C15H21FO3. The minimum absolute atomic E-state index is 0.0504. The van der Waals surface area contributed by atoms with Crippen LogP contribution in [0.1, 0.15) is 31.2 Å². The van der Waals surface area contributed by atoms with Gasteiger partial charge in [0.05, 0.1) is 13.2 Å². The fraction of sp³-hybridized carbons (Fsp3) is 0.600. The molecule has 0 spiro atoms. The molecule has 2 rings (SSSR count). The second kappa shape index (κ2) is 7.46. The molecule has 19 heavy (non-hydrogen) atoms. The number of benzene rings is 1. The predicted molar refractivity (Wildman–Crippen MR) is 70.8 cm³/mol. The molecule has 1 fully saturated rings. The van der Waals surface area contributed by atoms with Crippen LogP contribution in [0.3, 0.4) is 0 Å². The van der Waals surface area contributed by atoms with Gasteiger partial charge in [0.1, 0.15) is 11.6 Å². The van der Waals surface area contributed by atoms with Crippen LogP contribution in [0.15, 0.2) is 18.2 Å². The van der Waals surface area contributed by atoms with Gasteiger partial charge < -0.3 is 14.2 Å². The standard InChI is InChI=1S/C15H21FO3/c1-12-6-7-13(11-14(12)16)17-9-4-10-19-15-5-2-3-8-18-15/h6-7,11,15H,2-5,8-10H2,1H3.